The average Bonchev–Trinajstić information content (AvgIpc) is 3.19. The number of hydrogen-bond acceptors (Lipinski definition) is 6. The quantitative estimate of drug-likeness (QED) is 0.439. The standard InChI is InChI=1S/C21H17ClF4N4O4S/c22-15-3-5-16(6-4-15)35(32,33)30(20(19(27)31)8-14(20)9-21(24,25)26)10-13-2-1-12(7-17(13)23)18-28-11-34-29-18/h1-7,11,14H,8-10H2,(H2,27,31)/t14-,20?/m1/s1. The van der Waals surface area contributed by atoms with Crippen molar-refractivity contribution in [3.8, 4) is 11.4 Å². The molecular formula is C21H17ClF4N4O4S. The van der Waals surface area contributed by atoms with Gasteiger partial charge in [-0.3, -0.25) is 4.79 Å². The number of alkyl halides is 3. The number of nitrogens with two attached hydrogens (primary N) is 1. The van der Waals surface area contributed by atoms with Crippen LogP contribution in [0.3, 0.4) is 0 Å². The number of halogens is 5. The molecule has 1 aliphatic carbocycles. The maximum Gasteiger partial charge on any atom is 0.389 e. The van der Waals surface area contributed by atoms with Gasteiger partial charge in [-0.2, -0.15) is 22.5 Å². The SMILES string of the molecule is NC(=O)C1(N(Cc2ccc(-c3ncon3)cc2F)S(=O)(=O)c2ccc(Cl)cc2)C[C@@H]1CC(F)(F)F. The summed E-state index contributed by atoms with van der Waals surface area (Å²) >= 11 is 5.82. The summed E-state index contributed by atoms with van der Waals surface area (Å²) in [6.07, 6.45) is -5.53. The fourth-order valence-electron chi connectivity index (χ4n) is 4.01. The molecule has 2 atom stereocenters. The zero-order valence-electron chi connectivity index (χ0n) is 17.7. The molecule has 1 heterocycles. The van der Waals surface area contributed by atoms with Gasteiger partial charge in [0.2, 0.25) is 28.1 Å². The molecule has 0 spiro atoms. The van der Waals surface area contributed by atoms with E-state index in [1.54, 1.807) is 0 Å². The van der Waals surface area contributed by atoms with Crippen molar-refractivity contribution in [3.63, 3.8) is 0 Å². The van der Waals surface area contributed by atoms with E-state index in [1.165, 1.54) is 24.3 Å². The van der Waals surface area contributed by atoms with Gasteiger partial charge in [0.1, 0.15) is 11.4 Å². The number of carbonyl (C=O) groups is 1. The maximum absolute atomic E-state index is 15.0. The monoisotopic (exact) mass is 532 g/mol. The lowest BCUT2D eigenvalue weighted by Gasteiger charge is -2.30. The van der Waals surface area contributed by atoms with E-state index in [-0.39, 0.29) is 26.9 Å². The molecule has 0 aliphatic heterocycles. The Morgan fingerprint density at radius 2 is 1.91 bits per heavy atom. The highest BCUT2D eigenvalue weighted by Crippen LogP contribution is 2.55. The molecule has 1 amide bonds. The van der Waals surface area contributed by atoms with Crippen molar-refractivity contribution < 1.29 is 35.3 Å². The smallest absolute Gasteiger partial charge is 0.368 e. The first-order valence-electron chi connectivity index (χ1n) is 10.0. The second-order valence-electron chi connectivity index (χ2n) is 8.04. The maximum atomic E-state index is 15.0. The molecule has 0 radical (unpaired) electrons. The van der Waals surface area contributed by atoms with Gasteiger partial charge in [0.15, 0.2) is 0 Å². The summed E-state index contributed by atoms with van der Waals surface area (Å²) in [5, 5.41) is 3.80. The molecule has 1 saturated carbocycles. The lowest BCUT2D eigenvalue weighted by Crippen LogP contribution is -2.51. The van der Waals surface area contributed by atoms with Gasteiger partial charge in [0.25, 0.3) is 0 Å². The number of sulfonamides is 1. The van der Waals surface area contributed by atoms with Crippen LogP contribution in [-0.4, -0.2) is 40.5 Å². The Bertz CT molecular complexity index is 1350. The van der Waals surface area contributed by atoms with Crippen LogP contribution in [0.25, 0.3) is 11.4 Å². The lowest BCUT2D eigenvalue weighted by molar-refractivity contribution is -0.142. The molecule has 0 saturated heterocycles. The summed E-state index contributed by atoms with van der Waals surface area (Å²) in [5.41, 5.74) is 3.30. The summed E-state index contributed by atoms with van der Waals surface area (Å²) in [7, 11) is -4.61. The molecule has 1 aromatic heterocycles. The van der Waals surface area contributed by atoms with Crippen molar-refractivity contribution in [3.05, 3.63) is 65.3 Å². The zero-order chi connectivity index (χ0) is 25.6. The van der Waals surface area contributed by atoms with Crippen LogP contribution in [0.5, 0.6) is 0 Å². The highest BCUT2D eigenvalue weighted by Gasteiger charge is 2.68. The molecule has 14 heteroatoms. The number of primary amides is 1. The molecule has 186 valence electrons. The summed E-state index contributed by atoms with van der Waals surface area (Å²) in [6.45, 7) is -0.749. The Balaban J connectivity index is 1.78. The van der Waals surface area contributed by atoms with Crippen LogP contribution >= 0.6 is 11.6 Å². The Hall–Kier alpha value is -3.03. The van der Waals surface area contributed by atoms with Crippen molar-refractivity contribution in [1.82, 2.24) is 14.4 Å². The predicted octanol–water partition coefficient (Wildman–Crippen LogP) is 3.92. The first kappa shape index (κ1) is 25.1. The Labute approximate surface area is 201 Å². The highest BCUT2D eigenvalue weighted by atomic mass is 35.5. The molecule has 1 fully saturated rings. The molecule has 1 unspecified atom stereocenters. The first-order chi connectivity index (χ1) is 16.3. The van der Waals surface area contributed by atoms with Crippen LogP contribution in [0.15, 0.2) is 58.3 Å². The zero-order valence-corrected chi connectivity index (χ0v) is 19.2. The third-order valence-electron chi connectivity index (χ3n) is 5.81. The average molecular weight is 533 g/mol. The van der Waals surface area contributed by atoms with Crippen LogP contribution in [0.2, 0.25) is 5.02 Å². The molecule has 0 bridgehead atoms. The van der Waals surface area contributed by atoms with Crippen molar-refractivity contribution in [2.45, 2.75) is 36.0 Å². The van der Waals surface area contributed by atoms with Gasteiger partial charge in [0, 0.05) is 29.1 Å². The van der Waals surface area contributed by atoms with Crippen LogP contribution in [0.1, 0.15) is 18.4 Å². The van der Waals surface area contributed by atoms with E-state index in [1.807, 2.05) is 0 Å². The predicted molar refractivity (Wildman–Crippen MR) is 115 cm³/mol. The number of nitrogens with zero attached hydrogens (tertiary/aromatic N) is 3. The van der Waals surface area contributed by atoms with Crippen LogP contribution in [0.4, 0.5) is 17.6 Å². The first-order valence-corrected chi connectivity index (χ1v) is 11.9. The second kappa shape index (κ2) is 8.88. The fraction of sp³-hybridized carbons (Fsp3) is 0.286. The Morgan fingerprint density at radius 1 is 1.23 bits per heavy atom. The van der Waals surface area contributed by atoms with E-state index in [0.29, 0.717) is 4.31 Å². The van der Waals surface area contributed by atoms with Crippen molar-refractivity contribution >= 4 is 27.5 Å². The van der Waals surface area contributed by atoms with E-state index >= 15 is 4.39 Å². The van der Waals surface area contributed by atoms with Gasteiger partial charge < -0.3 is 10.3 Å². The van der Waals surface area contributed by atoms with E-state index < -0.39 is 58.8 Å². The number of hydrogen-bond donors (Lipinski definition) is 1. The third kappa shape index (κ3) is 4.88. The second-order valence-corrected chi connectivity index (χ2v) is 10.3. The number of aromatic nitrogens is 2. The lowest BCUT2D eigenvalue weighted by atomic mass is 10.1. The Kier molecular flexibility index (Phi) is 6.36. The van der Waals surface area contributed by atoms with Crippen molar-refractivity contribution in [2.24, 2.45) is 11.7 Å². The van der Waals surface area contributed by atoms with E-state index in [4.69, 9.17) is 17.3 Å². The summed E-state index contributed by atoms with van der Waals surface area (Å²) in [6, 6.07) is 8.43. The van der Waals surface area contributed by atoms with E-state index in [2.05, 4.69) is 14.7 Å². The number of benzene rings is 2. The molecule has 1 aliphatic rings. The number of carbonyl (C=O) groups excluding carboxylic acids is 1. The fourth-order valence-corrected chi connectivity index (χ4v) is 5.92. The number of amides is 1. The molecular weight excluding hydrogens is 516 g/mol. The minimum atomic E-state index is -4.67. The van der Waals surface area contributed by atoms with Crippen molar-refractivity contribution in [2.75, 3.05) is 0 Å². The van der Waals surface area contributed by atoms with Crippen LogP contribution in [-0.2, 0) is 21.4 Å². The van der Waals surface area contributed by atoms with Gasteiger partial charge >= 0.3 is 6.18 Å². The minimum absolute atomic E-state index is 0.0714. The normalized spacial score (nSPS) is 20.2. The molecule has 8 nitrogen and oxygen atoms in total. The van der Waals surface area contributed by atoms with Crippen LogP contribution < -0.4 is 5.73 Å². The highest BCUT2D eigenvalue weighted by molar-refractivity contribution is 7.89. The van der Waals surface area contributed by atoms with Gasteiger partial charge in [-0.15, -0.1) is 0 Å². The number of rotatable bonds is 8. The van der Waals surface area contributed by atoms with Crippen LogP contribution in [0, 0.1) is 11.7 Å². The van der Waals surface area contributed by atoms with E-state index in [0.717, 1.165) is 24.6 Å². The largest absolute Gasteiger partial charge is 0.389 e. The topological polar surface area (TPSA) is 119 Å². The summed E-state index contributed by atoms with van der Waals surface area (Å²) < 4.78 is 86.7. The minimum Gasteiger partial charge on any atom is -0.368 e. The molecule has 2 aromatic carbocycles. The molecule has 35 heavy (non-hydrogen) atoms. The molecule has 2 N–H and O–H groups in total. The molecule has 3 aromatic rings. The van der Waals surface area contributed by atoms with Gasteiger partial charge in [-0.25, -0.2) is 12.8 Å². The van der Waals surface area contributed by atoms with E-state index in [9.17, 15) is 26.4 Å². The molecule has 4 rings (SSSR count). The van der Waals surface area contributed by atoms with Crippen molar-refractivity contribution in [1.29, 1.82) is 0 Å². The Morgan fingerprint density at radius 3 is 2.46 bits per heavy atom. The third-order valence-corrected chi connectivity index (χ3v) is 7.97. The van der Waals surface area contributed by atoms with Gasteiger partial charge in [-0.1, -0.05) is 28.9 Å². The summed E-state index contributed by atoms with van der Waals surface area (Å²) in [4.78, 5) is 15.9. The van der Waals surface area contributed by atoms with Gasteiger partial charge in [-0.05, 0) is 42.7 Å². The summed E-state index contributed by atoms with van der Waals surface area (Å²) in [5.74, 6) is -3.50. The van der Waals surface area contributed by atoms with Gasteiger partial charge in [0.05, 0.1) is 4.90 Å².